The van der Waals surface area contributed by atoms with Crippen LogP contribution in [0.5, 0.6) is 0 Å². The van der Waals surface area contributed by atoms with Gasteiger partial charge in [0.05, 0.1) is 18.2 Å². The van der Waals surface area contributed by atoms with Gasteiger partial charge in [0.15, 0.2) is 0 Å². The molecule has 0 saturated carbocycles. The zero-order valence-corrected chi connectivity index (χ0v) is 13.2. The van der Waals surface area contributed by atoms with Gasteiger partial charge in [0.25, 0.3) is 0 Å². The summed E-state index contributed by atoms with van der Waals surface area (Å²) in [7, 11) is 1.68. The van der Waals surface area contributed by atoms with Crippen molar-refractivity contribution >= 4 is 17.2 Å². The number of rotatable bonds is 4. The van der Waals surface area contributed by atoms with Crippen molar-refractivity contribution in [3.05, 3.63) is 39.8 Å². The van der Waals surface area contributed by atoms with Crippen molar-refractivity contribution in [3.8, 4) is 0 Å². The Morgan fingerprint density at radius 3 is 3.10 bits per heavy atom. The molecule has 0 aromatic carbocycles. The summed E-state index contributed by atoms with van der Waals surface area (Å²) in [4.78, 5) is 15.5. The second kappa shape index (κ2) is 5.99. The number of aryl methyl sites for hydroxylation is 1. The van der Waals surface area contributed by atoms with Gasteiger partial charge in [-0.15, -0.1) is 11.3 Å². The van der Waals surface area contributed by atoms with Gasteiger partial charge >= 0.3 is 0 Å². The van der Waals surface area contributed by atoms with Gasteiger partial charge in [0.1, 0.15) is 0 Å². The van der Waals surface area contributed by atoms with Crippen molar-refractivity contribution in [2.24, 2.45) is 0 Å². The van der Waals surface area contributed by atoms with E-state index in [-0.39, 0.29) is 11.9 Å². The molecule has 0 radical (unpaired) electrons. The number of nitrogens with one attached hydrogen (secondary N) is 1. The SMILES string of the molecule is CNC(=O)C[C@@H]1CN(Cc2sccc2C)Cc2ccnn21. The van der Waals surface area contributed by atoms with E-state index in [0.717, 1.165) is 19.6 Å². The number of thiophene rings is 1. The first kappa shape index (κ1) is 14.3. The molecule has 3 heterocycles. The summed E-state index contributed by atoms with van der Waals surface area (Å²) in [6.45, 7) is 4.85. The minimum atomic E-state index is 0.0654. The molecule has 0 aliphatic carbocycles. The second-order valence-corrected chi connectivity index (χ2v) is 6.50. The van der Waals surface area contributed by atoms with Gasteiger partial charge < -0.3 is 5.32 Å². The van der Waals surface area contributed by atoms with Crippen LogP contribution in [-0.2, 0) is 17.9 Å². The molecular weight excluding hydrogens is 284 g/mol. The molecule has 0 bridgehead atoms. The van der Waals surface area contributed by atoms with Crippen LogP contribution in [0, 0.1) is 6.92 Å². The largest absolute Gasteiger partial charge is 0.359 e. The molecular formula is C15H20N4OS. The number of fused-ring (bicyclic) bond motifs is 1. The van der Waals surface area contributed by atoms with Gasteiger partial charge in [0.2, 0.25) is 5.91 Å². The Balaban J connectivity index is 1.77. The number of hydrogen-bond donors (Lipinski definition) is 1. The van der Waals surface area contributed by atoms with Crippen molar-refractivity contribution in [1.82, 2.24) is 20.0 Å². The lowest BCUT2D eigenvalue weighted by atomic mass is 10.1. The lowest BCUT2D eigenvalue weighted by Crippen LogP contribution is -2.39. The Morgan fingerprint density at radius 1 is 1.52 bits per heavy atom. The summed E-state index contributed by atoms with van der Waals surface area (Å²) in [6.07, 6.45) is 2.30. The summed E-state index contributed by atoms with van der Waals surface area (Å²) in [5.74, 6) is 0.0654. The molecule has 5 nitrogen and oxygen atoms in total. The average molecular weight is 304 g/mol. The highest BCUT2D eigenvalue weighted by molar-refractivity contribution is 7.10. The Bertz CT molecular complexity index is 633. The van der Waals surface area contributed by atoms with Gasteiger partial charge in [0, 0.05) is 37.8 Å². The summed E-state index contributed by atoms with van der Waals surface area (Å²) in [5.41, 5.74) is 2.53. The minimum absolute atomic E-state index is 0.0654. The van der Waals surface area contributed by atoms with Crippen molar-refractivity contribution in [2.45, 2.75) is 32.5 Å². The van der Waals surface area contributed by atoms with Crippen LogP contribution in [0.25, 0.3) is 0 Å². The van der Waals surface area contributed by atoms with Crippen LogP contribution in [0.4, 0.5) is 0 Å². The number of carbonyl (C=O) groups excluding carboxylic acids is 1. The van der Waals surface area contributed by atoms with E-state index in [9.17, 15) is 4.79 Å². The van der Waals surface area contributed by atoms with E-state index in [1.165, 1.54) is 16.1 Å². The van der Waals surface area contributed by atoms with Crippen LogP contribution in [0.2, 0.25) is 0 Å². The van der Waals surface area contributed by atoms with Crippen molar-refractivity contribution in [3.63, 3.8) is 0 Å². The third-order valence-corrected chi connectivity index (χ3v) is 5.00. The Labute approximate surface area is 128 Å². The lowest BCUT2D eigenvalue weighted by molar-refractivity contribution is -0.121. The standard InChI is InChI=1S/C15H20N4OS/c1-11-4-6-21-14(11)10-18-8-12-3-5-17-19(12)13(9-18)7-15(20)16-2/h3-6,13H,7-10H2,1-2H3,(H,16,20)/t13-/m1/s1. The molecule has 112 valence electrons. The molecule has 1 amide bonds. The molecule has 1 atom stereocenters. The third-order valence-electron chi connectivity index (χ3n) is 3.99. The highest BCUT2D eigenvalue weighted by atomic mass is 32.1. The smallest absolute Gasteiger partial charge is 0.221 e. The van der Waals surface area contributed by atoms with Crippen molar-refractivity contribution < 1.29 is 4.79 Å². The maximum atomic E-state index is 11.7. The van der Waals surface area contributed by atoms with Gasteiger partial charge in [-0.05, 0) is 30.0 Å². The zero-order chi connectivity index (χ0) is 14.8. The fourth-order valence-corrected chi connectivity index (χ4v) is 3.77. The molecule has 1 N–H and O–H groups in total. The number of aromatic nitrogens is 2. The van der Waals surface area contributed by atoms with Crippen molar-refractivity contribution in [1.29, 1.82) is 0 Å². The molecule has 0 spiro atoms. The number of carbonyl (C=O) groups is 1. The Hall–Kier alpha value is -1.66. The average Bonchev–Trinajstić information content (AvgIpc) is 3.08. The number of nitrogens with zero attached hydrogens (tertiary/aromatic N) is 3. The normalized spacial score (nSPS) is 18.5. The Kier molecular flexibility index (Phi) is 4.07. The molecule has 3 rings (SSSR count). The van der Waals surface area contributed by atoms with E-state index in [1.54, 1.807) is 18.4 Å². The van der Waals surface area contributed by atoms with E-state index < -0.39 is 0 Å². The first-order valence-corrected chi connectivity index (χ1v) is 8.03. The third kappa shape index (κ3) is 3.01. The fraction of sp³-hybridized carbons (Fsp3) is 0.467. The lowest BCUT2D eigenvalue weighted by Gasteiger charge is -2.33. The topological polar surface area (TPSA) is 50.2 Å². The second-order valence-electron chi connectivity index (χ2n) is 5.49. The molecule has 21 heavy (non-hydrogen) atoms. The first-order valence-electron chi connectivity index (χ1n) is 7.15. The fourth-order valence-electron chi connectivity index (χ4n) is 2.82. The predicted octanol–water partition coefficient (Wildman–Crippen LogP) is 1.95. The molecule has 2 aromatic heterocycles. The minimum Gasteiger partial charge on any atom is -0.359 e. The van der Waals surface area contributed by atoms with Gasteiger partial charge in [-0.1, -0.05) is 0 Å². The van der Waals surface area contributed by atoms with E-state index in [2.05, 4.69) is 33.7 Å². The maximum Gasteiger partial charge on any atom is 0.221 e. The molecule has 0 saturated heterocycles. The van der Waals surface area contributed by atoms with E-state index >= 15 is 0 Å². The summed E-state index contributed by atoms with van der Waals surface area (Å²) in [6, 6.07) is 4.32. The molecule has 2 aromatic rings. The van der Waals surface area contributed by atoms with Crippen LogP contribution >= 0.6 is 11.3 Å². The Morgan fingerprint density at radius 2 is 2.38 bits per heavy atom. The van der Waals surface area contributed by atoms with Gasteiger partial charge in [-0.3, -0.25) is 14.4 Å². The van der Waals surface area contributed by atoms with Gasteiger partial charge in [-0.2, -0.15) is 5.10 Å². The summed E-state index contributed by atoms with van der Waals surface area (Å²) in [5, 5.41) is 9.24. The van der Waals surface area contributed by atoms with Crippen molar-refractivity contribution in [2.75, 3.05) is 13.6 Å². The summed E-state index contributed by atoms with van der Waals surface area (Å²) >= 11 is 1.80. The number of hydrogen-bond acceptors (Lipinski definition) is 4. The highest BCUT2D eigenvalue weighted by Gasteiger charge is 2.27. The monoisotopic (exact) mass is 304 g/mol. The van der Waals surface area contributed by atoms with Crippen LogP contribution in [0.1, 0.15) is 28.6 Å². The van der Waals surface area contributed by atoms with E-state index in [4.69, 9.17) is 0 Å². The zero-order valence-electron chi connectivity index (χ0n) is 12.4. The highest BCUT2D eigenvalue weighted by Crippen LogP contribution is 2.26. The quantitative estimate of drug-likeness (QED) is 0.939. The van der Waals surface area contributed by atoms with E-state index in [0.29, 0.717) is 6.42 Å². The van der Waals surface area contributed by atoms with Gasteiger partial charge in [-0.25, -0.2) is 0 Å². The van der Waals surface area contributed by atoms with Crippen LogP contribution in [-0.4, -0.2) is 34.2 Å². The van der Waals surface area contributed by atoms with E-state index in [1.807, 2.05) is 16.9 Å². The molecule has 0 fully saturated rings. The predicted molar refractivity (Wildman–Crippen MR) is 83.1 cm³/mol. The number of amides is 1. The maximum absolute atomic E-state index is 11.7. The van der Waals surface area contributed by atoms with Crippen LogP contribution < -0.4 is 5.32 Å². The summed E-state index contributed by atoms with van der Waals surface area (Å²) < 4.78 is 2.01. The van der Waals surface area contributed by atoms with Crippen LogP contribution in [0.3, 0.4) is 0 Å². The first-order chi connectivity index (χ1) is 10.2. The molecule has 1 aliphatic rings. The molecule has 6 heteroatoms. The van der Waals surface area contributed by atoms with Crippen LogP contribution in [0.15, 0.2) is 23.7 Å². The molecule has 1 aliphatic heterocycles. The molecule has 0 unspecified atom stereocenters.